The van der Waals surface area contributed by atoms with Gasteiger partial charge in [0, 0.05) is 13.0 Å². The van der Waals surface area contributed by atoms with Crippen LogP contribution in [0.25, 0.3) is 0 Å². The van der Waals surface area contributed by atoms with Gasteiger partial charge in [-0.2, -0.15) is 0 Å². The number of hydrogen-bond acceptors (Lipinski definition) is 2. The van der Waals surface area contributed by atoms with Gasteiger partial charge in [0.2, 0.25) is 0 Å². The molecule has 0 aliphatic carbocycles. The van der Waals surface area contributed by atoms with Gasteiger partial charge < -0.3 is 4.90 Å². The van der Waals surface area contributed by atoms with Gasteiger partial charge in [0.25, 0.3) is 0 Å². The first-order valence-electron chi connectivity index (χ1n) is 5.09. The second-order valence-electron chi connectivity index (χ2n) is 4.34. The van der Waals surface area contributed by atoms with Gasteiger partial charge in [0.05, 0.1) is 16.2 Å². The molecule has 1 fully saturated rings. The molecular weight excluding hydrogens is 210 g/mol. The number of para-hydroxylation sites is 1. The fourth-order valence-electron chi connectivity index (χ4n) is 2.04. The number of anilines is 1. The summed E-state index contributed by atoms with van der Waals surface area (Å²) in [4.78, 5) is 13.8. The molecule has 2 rings (SSSR count). The number of Topliss-reactive ketones (excluding diaryl/α,β-unsaturated/α-hetero) is 1. The first-order chi connectivity index (χ1) is 7.03. The first kappa shape index (κ1) is 10.5. The smallest absolute Gasteiger partial charge is 0.159 e. The van der Waals surface area contributed by atoms with Crippen molar-refractivity contribution >= 4 is 23.1 Å². The Balaban J connectivity index is 2.41. The van der Waals surface area contributed by atoms with E-state index in [1.807, 2.05) is 38.1 Å². The topological polar surface area (TPSA) is 20.3 Å². The standard InChI is InChI=1S/C12H14ClNO/c1-12(2)11(15)7-8-14(12)10-6-4-3-5-9(10)13/h3-6H,7-8H2,1-2H3. The summed E-state index contributed by atoms with van der Waals surface area (Å²) in [7, 11) is 0. The lowest BCUT2D eigenvalue weighted by Crippen LogP contribution is -2.43. The van der Waals surface area contributed by atoms with Crippen LogP contribution in [-0.4, -0.2) is 17.9 Å². The van der Waals surface area contributed by atoms with Crippen LogP contribution in [0.5, 0.6) is 0 Å². The van der Waals surface area contributed by atoms with Crippen molar-refractivity contribution in [3.8, 4) is 0 Å². The normalized spacial score (nSPS) is 19.7. The summed E-state index contributed by atoms with van der Waals surface area (Å²) in [5.74, 6) is 0.280. The molecule has 0 radical (unpaired) electrons. The number of hydrogen-bond donors (Lipinski definition) is 0. The number of carbonyl (C=O) groups excluding carboxylic acids is 1. The van der Waals surface area contributed by atoms with E-state index in [2.05, 4.69) is 4.90 Å². The average molecular weight is 224 g/mol. The number of carbonyl (C=O) groups is 1. The van der Waals surface area contributed by atoms with Crippen LogP contribution in [0.1, 0.15) is 20.3 Å². The van der Waals surface area contributed by atoms with E-state index in [4.69, 9.17) is 11.6 Å². The van der Waals surface area contributed by atoms with Crippen LogP contribution < -0.4 is 4.90 Å². The van der Waals surface area contributed by atoms with Gasteiger partial charge in [-0.3, -0.25) is 4.79 Å². The van der Waals surface area contributed by atoms with Gasteiger partial charge in [-0.1, -0.05) is 23.7 Å². The summed E-state index contributed by atoms with van der Waals surface area (Å²) < 4.78 is 0. The minimum atomic E-state index is -0.426. The van der Waals surface area contributed by atoms with E-state index in [0.29, 0.717) is 11.4 Å². The molecule has 0 amide bonds. The second kappa shape index (κ2) is 3.53. The highest BCUT2D eigenvalue weighted by Crippen LogP contribution is 2.35. The Labute approximate surface area is 94.8 Å². The molecule has 0 atom stereocenters. The quantitative estimate of drug-likeness (QED) is 0.730. The molecule has 80 valence electrons. The summed E-state index contributed by atoms with van der Waals surface area (Å²) in [5.41, 5.74) is 0.528. The molecule has 0 saturated carbocycles. The number of ketones is 1. The Bertz CT molecular complexity index is 400. The zero-order valence-corrected chi connectivity index (χ0v) is 9.71. The van der Waals surface area contributed by atoms with Crippen LogP contribution in [0.15, 0.2) is 24.3 Å². The van der Waals surface area contributed by atoms with Crippen molar-refractivity contribution in [2.45, 2.75) is 25.8 Å². The maximum Gasteiger partial charge on any atom is 0.159 e. The number of benzene rings is 1. The monoisotopic (exact) mass is 223 g/mol. The summed E-state index contributed by atoms with van der Waals surface area (Å²) in [6.45, 7) is 4.66. The van der Waals surface area contributed by atoms with Crippen molar-refractivity contribution in [1.29, 1.82) is 0 Å². The molecular formula is C12H14ClNO. The van der Waals surface area contributed by atoms with E-state index in [0.717, 1.165) is 12.2 Å². The summed E-state index contributed by atoms with van der Waals surface area (Å²) >= 11 is 6.13. The molecule has 1 aliphatic heterocycles. The van der Waals surface area contributed by atoms with E-state index < -0.39 is 5.54 Å². The zero-order valence-electron chi connectivity index (χ0n) is 8.96. The van der Waals surface area contributed by atoms with Crippen LogP contribution in [0.2, 0.25) is 5.02 Å². The third kappa shape index (κ3) is 1.63. The maximum absolute atomic E-state index is 11.7. The summed E-state index contributed by atoms with van der Waals surface area (Å²) in [6.07, 6.45) is 0.609. The third-order valence-corrected chi connectivity index (χ3v) is 3.38. The highest BCUT2D eigenvalue weighted by Gasteiger charge is 2.40. The van der Waals surface area contributed by atoms with Gasteiger partial charge in [-0.15, -0.1) is 0 Å². The zero-order chi connectivity index (χ0) is 11.1. The van der Waals surface area contributed by atoms with Crippen molar-refractivity contribution in [3.63, 3.8) is 0 Å². The number of rotatable bonds is 1. The molecule has 2 nitrogen and oxygen atoms in total. The molecule has 0 N–H and O–H groups in total. The predicted octanol–water partition coefficient (Wildman–Crippen LogP) is 2.90. The van der Waals surface area contributed by atoms with E-state index in [1.165, 1.54) is 0 Å². The van der Waals surface area contributed by atoms with Crippen LogP contribution in [-0.2, 0) is 4.79 Å². The molecule has 15 heavy (non-hydrogen) atoms. The van der Waals surface area contributed by atoms with Gasteiger partial charge in [-0.05, 0) is 26.0 Å². The molecule has 1 aromatic carbocycles. The Kier molecular flexibility index (Phi) is 2.47. The highest BCUT2D eigenvalue weighted by molar-refractivity contribution is 6.33. The van der Waals surface area contributed by atoms with Crippen LogP contribution >= 0.6 is 11.6 Å². The van der Waals surface area contributed by atoms with Gasteiger partial charge >= 0.3 is 0 Å². The Hall–Kier alpha value is -1.02. The first-order valence-corrected chi connectivity index (χ1v) is 5.47. The van der Waals surface area contributed by atoms with Crippen LogP contribution in [0.4, 0.5) is 5.69 Å². The van der Waals surface area contributed by atoms with Crippen LogP contribution in [0, 0.1) is 0 Å². The maximum atomic E-state index is 11.7. The summed E-state index contributed by atoms with van der Waals surface area (Å²) in [6, 6.07) is 7.66. The second-order valence-corrected chi connectivity index (χ2v) is 4.74. The Morgan fingerprint density at radius 2 is 2.00 bits per heavy atom. The minimum Gasteiger partial charge on any atom is -0.358 e. The Morgan fingerprint density at radius 1 is 1.33 bits per heavy atom. The molecule has 0 unspecified atom stereocenters. The third-order valence-electron chi connectivity index (χ3n) is 3.06. The largest absolute Gasteiger partial charge is 0.358 e. The minimum absolute atomic E-state index is 0.280. The number of halogens is 1. The van der Waals surface area contributed by atoms with Gasteiger partial charge in [0.1, 0.15) is 0 Å². The lowest BCUT2D eigenvalue weighted by Gasteiger charge is -2.32. The fourth-order valence-corrected chi connectivity index (χ4v) is 2.28. The van der Waals surface area contributed by atoms with E-state index in [9.17, 15) is 4.79 Å². The molecule has 1 heterocycles. The molecule has 0 spiro atoms. The van der Waals surface area contributed by atoms with Gasteiger partial charge in [0.15, 0.2) is 5.78 Å². The molecule has 3 heteroatoms. The van der Waals surface area contributed by atoms with Crippen molar-refractivity contribution in [1.82, 2.24) is 0 Å². The van der Waals surface area contributed by atoms with Crippen LogP contribution in [0.3, 0.4) is 0 Å². The lowest BCUT2D eigenvalue weighted by molar-refractivity contribution is -0.120. The predicted molar refractivity (Wildman–Crippen MR) is 62.5 cm³/mol. The van der Waals surface area contributed by atoms with E-state index >= 15 is 0 Å². The fraction of sp³-hybridized carbons (Fsp3) is 0.417. The average Bonchev–Trinajstić information content (AvgIpc) is 2.44. The highest BCUT2D eigenvalue weighted by atomic mass is 35.5. The van der Waals surface area contributed by atoms with Gasteiger partial charge in [-0.25, -0.2) is 0 Å². The molecule has 1 aliphatic rings. The van der Waals surface area contributed by atoms with Crippen molar-refractivity contribution < 1.29 is 4.79 Å². The van der Waals surface area contributed by atoms with Crippen molar-refractivity contribution in [2.75, 3.05) is 11.4 Å². The summed E-state index contributed by atoms with van der Waals surface area (Å²) in [5, 5.41) is 0.709. The number of nitrogens with zero attached hydrogens (tertiary/aromatic N) is 1. The Morgan fingerprint density at radius 3 is 2.53 bits per heavy atom. The van der Waals surface area contributed by atoms with E-state index in [-0.39, 0.29) is 5.78 Å². The van der Waals surface area contributed by atoms with E-state index in [1.54, 1.807) is 0 Å². The molecule has 1 saturated heterocycles. The van der Waals surface area contributed by atoms with Crippen molar-refractivity contribution in [3.05, 3.63) is 29.3 Å². The lowest BCUT2D eigenvalue weighted by atomic mass is 10.00. The SMILES string of the molecule is CC1(C)C(=O)CCN1c1ccccc1Cl. The molecule has 0 aromatic heterocycles. The molecule has 0 bridgehead atoms. The molecule has 1 aromatic rings. The van der Waals surface area contributed by atoms with Crippen molar-refractivity contribution in [2.24, 2.45) is 0 Å².